The molecule has 8 nitrogen and oxygen atoms in total. The van der Waals surface area contributed by atoms with Crippen molar-refractivity contribution in [2.75, 3.05) is 18.0 Å². The molecule has 1 saturated heterocycles. The number of urea groups is 1. The number of hydrogen-bond acceptors (Lipinski definition) is 4. The van der Waals surface area contributed by atoms with Crippen LogP contribution in [-0.2, 0) is 27.3 Å². The van der Waals surface area contributed by atoms with Gasteiger partial charge in [0.15, 0.2) is 0 Å². The van der Waals surface area contributed by atoms with Gasteiger partial charge in [-0.2, -0.15) is 0 Å². The lowest BCUT2D eigenvalue weighted by Crippen LogP contribution is -2.64. The lowest BCUT2D eigenvalue weighted by atomic mass is 9.81. The number of nitrogens with zero attached hydrogens (tertiary/aromatic N) is 2. The number of anilines is 1. The lowest BCUT2D eigenvalue weighted by molar-refractivity contribution is -0.130. The summed E-state index contributed by atoms with van der Waals surface area (Å²) in [6.45, 7) is 5.03. The second kappa shape index (κ2) is 12.7. The SMILES string of the molecule is CCCCNC(=O)Cc1ccc(N2C(=O)C3CCCCC3N(CC(=O)NCc3ccc(C)cc3)C2=O)cc1. The van der Waals surface area contributed by atoms with E-state index in [4.69, 9.17) is 0 Å². The van der Waals surface area contributed by atoms with Gasteiger partial charge in [-0.3, -0.25) is 14.4 Å². The number of carbonyl (C=O) groups is 4. The molecule has 1 aliphatic carbocycles. The van der Waals surface area contributed by atoms with E-state index < -0.39 is 6.03 Å². The van der Waals surface area contributed by atoms with Gasteiger partial charge in [-0.1, -0.05) is 68.1 Å². The Hall–Kier alpha value is -3.68. The van der Waals surface area contributed by atoms with Gasteiger partial charge >= 0.3 is 6.03 Å². The molecule has 0 radical (unpaired) electrons. The normalized spacial score (nSPS) is 19.2. The van der Waals surface area contributed by atoms with Crippen molar-refractivity contribution in [2.45, 2.75) is 71.4 Å². The molecule has 38 heavy (non-hydrogen) atoms. The maximum Gasteiger partial charge on any atom is 0.332 e. The van der Waals surface area contributed by atoms with E-state index in [-0.39, 0.29) is 42.6 Å². The van der Waals surface area contributed by atoms with Crippen LogP contribution in [0.15, 0.2) is 48.5 Å². The van der Waals surface area contributed by atoms with Gasteiger partial charge in [-0.05, 0) is 49.4 Å². The summed E-state index contributed by atoms with van der Waals surface area (Å²) in [6.07, 6.45) is 5.46. The van der Waals surface area contributed by atoms with Crippen LogP contribution in [0.2, 0.25) is 0 Å². The van der Waals surface area contributed by atoms with Gasteiger partial charge in [0.05, 0.1) is 18.0 Å². The molecule has 2 aromatic carbocycles. The third-order valence-electron chi connectivity index (χ3n) is 7.44. The number of benzene rings is 2. The zero-order valence-electron chi connectivity index (χ0n) is 22.4. The number of fused-ring (bicyclic) bond motifs is 1. The van der Waals surface area contributed by atoms with Crippen LogP contribution in [0, 0.1) is 12.8 Å². The molecule has 2 fully saturated rings. The predicted octanol–water partition coefficient (Wildman–Crippen LogP) is 4.10. The first-order valence-corrected chi connectivity index (χ1v) is 13.7. The summed E-state index contributed by atoms with van der Waals surface area (Å²) in [6, 6.07) is 14.2. The highest BCUT2D eigenvalue weighted by Crippen LogP contribution is 2.36. The van der Waals surface area contributed by atoms with E-state index in [9.17, 15) is 19.2 Å². The fraction of sp³-hybridized carbons (Fsp3) is 0.467. The van der Waals surface area contributed by atoms with Crippen molar-refractivity contribution in [3.05, 3.63) is 65.2 Å². The summed E-state index contributed by atoms with van der Waals surface area (Å²) in [5, 5.41) is 5.82. The zero-order chi connectivity index (χ0) is 27.1. The monoisotopic (exact) mass is 518 g/mol. The number of aryl methyl sites for hydroxylation is 1. The third-order valence-corrected chi connectivity index (χ3v) is 7.44. The molecule has 1 heterocycles. The number of unbranched alkanes of at least 4 members (excludes halogenated alkanes) is 1. The summed E-state index contributed by atoms with van der Waals surface area (Å²) in [7, 11) is 0. The predicted molar refractivity (Wildman–Crippen MR) is 146 cm³/mol. The Kier molecular flexibility index (Phi) is 9.15. The minimum absolute atomic E-state index is 0.0517. The number of rotatable bonds is 10. The van der Waals surface area contributed by atoms with Crippen molar-refractivity contribution >= 4 is 29.4 Å². The largest absolute Gasteiger partial charge is 0.356 e. The van der Waals surface area contributed by atoms with Crippen LogP contribution in [0.4, 0.5) is 10.5 Å². The summed E-state index contributed by atoms with van der Waals surface area (Å²) in [5.41, 5.74) is 3.41. The van der Waals surface area contributed by atoms with Crippen LogP contribution in [-0.4, -0.2) is 47.8 Å². The highest BCUT2D eigenvalue weighted by molar-refractivity contribution is 6.17. The smallest absolute Gasteiger partial charge is 0.332 e. The number of carbonyl (C=O) groups excluding carboxylic acids is 4. The summed E-state index contributed by atoms with van der Waals surface area (Å²) in [4.78, 5) is 54.9. The van der Waals surface area contributed by atoms with Gasteiger partial charge in [0, 0.05) is 19.1 Å². The molecular weight excluding hydrogens is 480 g/mol. The fourth-order valence-electron chi connectivity index (χ4n) is 5.26. The van der Waals surface area contributed by atoms with Crippen molar-refractivity contribution in [3.8, 4) is 0 Å². The van der Waals surface area contributed by atoms with E-state index in [2.05, 4.69) is 17.6 Å². The number of imide groups is 1. The second-order valence-electron chi connectivity index (χ2n) is 10.4. The van der Waals surface area contributed by atoms with Crippen LogP contribution in [0.25, 0.3) is 0 Å². The molecule has 5 amide bonds. The minimum atomic E-state index is -0.464. The highest BCUT2D eigenvalue weighted by Gasteiger charge is 2.48. The topological polar surface area (TPSA) is 98.8 Å². The molecule has 1 saturated carbocycles. The first-order chi connectivity index (χ1) is 18.4. The molecule has 2 unspecified atom stereocenters. The van der Waals surface area contributed by atoms with Gasteiger partial charge in [0.25, 0.3) is 0 Å². The van der Waals surface area contributed by atoms with Crippen molar-refractivity contribution in [1.29, 1.82) is 0 Å². The van der Waals surface area contributed by atoms with E-state index in [1.165, 1.54) is 4.90 Å². The van der Waals surface area contributed by atoms with Crippen LogP contribution in [0.1, 0.15) is 62.1 Å². The molecule has 0 aromatic heterocycles. The van der Waals surface area contributed by atoms with Crippen LogP contribution < -0.4 is 15.5 Å². The number of nitrogens with one attached hydrogen (secondary N) is 2. The molecular formula is C30H38N4O4. The van der Waals surface area contributed by atoms with E-state index >= 15 is 0 Å². The molecule has 8 heteroatoms. The van der Waals surface area contributed by atoms with Crippen LogP contribution in [0.3, 0.4) is 0 Å². The Morgan fingerprint density at radius 2 is 1.58 bits per heavy atom. The van der Waals surface area contributed by atoms with Gasteiger partial charge < -0.3 is 15.5 Å². The van der Waals surface area contributed by atoms with Gasteiger partial charge in [-0.25, -0.2) is 9.69 Å². The minimum Gasteiger partial charge on any atom is -0.356 e. The lowest BCUT2D eigenvalue weighted by Gasteiger charge is -2.46. The second-order valence-corrected chi connectivity index (χ2v) is 10.4. The molecule has 4 rings (SSSR count). The summed E-state index contributed by atoms with van der Waals surface area (Å²) >= 11 is 0. The third kappa shape index (κ3) is 6.60. The maximum atomic E-state index is 13.6. The van der Waals surface area contributed by atoms with E-state index in [0.29, 0.717) is 31.6 Å². The molecule has 202 valence electrons. The van der Waals surface area contributed by atoms with Crippen molar-refractivity contribution in [3.63, 3.8) is 0 Å². The molecule has 2 N–H and O–H groups in total. The number of hydrogen-bond donors (Lipinski definition) is 2. The molecule has 0 bridgehead atoms. The quantitative estimate of drug-likeness (QED) is 0.463. The fourth-order valence-corrected chi connectivity index (χ4v) is 5.26. The van der Waals surface area contributed by atoms with Crippen molar-refractivity contribution in [1.82, 2.24) is 15.5 Å². The Balaban J connectivity index is 1.45. The van der Waals surface area contributed by atoms with Gasteiger partial charge in [0.2, 0.25) is 17.7 Å². The average molecular weight is 519 g/mol. The first kappa shape index (κ1) is 27.4. The zero-order valence-corrected chi connectivity index (χ0v) is 22.4. The Bertz CT molecular complexity index is 1150. The Labute approximate surface area is 224 Å². The van der Waals surface area contributed by atoms with Crippen molar-refractivity contribution in [2.24, 2.45) is 5.92 Å². The standard InChI is InChI=1S/C30H38N4O4/c1-3-4-17-31-27(35)18-22-13-15-24(16-14-22)34-29(37)25-7-5-6-8-26(25)33(30(34)38)20-28(36)32-19-23-11-9-21(2)10-12-23/h9-16,25-26H,3-8,17-20H2,1-2H3,(H,31,35)(H,32,36). The van der Waals surface area contributed by atoms with E-state index in [1.807, 2.05) is 31.2 Å². The average Bonchev–Trinajstić information content (AvgIpc) is 2.92. The molecule has 2 aliphatic rings. The van der Waals surface area contributed by atoms with Gasteiger partial charge in [-0.15, -0.1) is 0 Å². The maximum absolute atomic E-state index is 13.6. The number of amides is 5. The molecule has 2 atom stereocenters. The molecule has 0 spiro atoms. The molecule has 1 aliphatic heterocycles. The molecule has 2 aromatic rings. The summed E-state index contributed by atoms with van der Waals surface area (Å²) < 4.78 is 0. The summed E-state index contributed by atoms with van der Waals surface area (Å²) in [5.74, 6) is -0.831. The van der Waals surface area contributed by atoms with Crippen LogP contribution in [0.5, 0.6) is 0 Å². The van der Waals surface area contributed by atoms with Crippen LogP contribution >= 0.6 is 0 Å². The van der Waals surface area contributed by atoms with E-state index in [1.54, 1.807) is 29.2 Å². The highest BCUT2D eigenvalue weighted by atomic mass is 16.2. The Morgan fingerprint density at radius 3 is 2.29 bits per heavy atom. The first-order valence-electron chi connectivity index (χ1n) is 13.7. The van der Waals surface area contributed by atoms with Crippen molar-refractivity contribution < 1.29 is 19.2 Å². The van der Waals surface area contributed by atoms with E-state index in [0.717, 1.165) is 42.4 Å². The van der Waals surface area contributed by atoms with Gasteiger partial charge in [0.1, 0.15) is 6.54 Å². The Morgan fingerprint density at radius 1 is 0.895 bits per heavy atom.